The van der Waals surface area contributed by atoms with E-state index in [4.69, 9.17) is 44.7 Å². The Morgan fingerprint density at radius 1 is 1.29 bits per heavy atom. The molecule has 0 rings (SSSR count). The first-order chi connectivity index (χ1) is 6.23. The lowest BCUT2D eigenvalue weighted by molar-refractivity contribution is -0.140. The molecule has 0 amide bonds. The lowest BCUT2D eigenvalue weighted by Crippen LogP contribution is -1.95. The number of carboxylic acid groups (broad SMARTS) is 1. The Balaban J connectivity index is -0.000000135. The molecule has 14 heavy (non-hydrogen) atoms. The summed E-state index contributed by atoms with van der Waals surface area (Å²) in [7, 11) is 0. The number of alkyl halides is 3. The van der Waals surface area contributed by atoms with Crippen molar-refractivity contribution in [3.05, 3.63) is 0 Å². The van der Waals surface area contributed by atoms with Crippen LogP contribution in [0.3, 0.4) is 0 Å². The van der Waals surface area contributed by atoms with Crippen LogP contribution in [0.25, 0.3) is 0 Å². The van der Waals surface area contributed by atoms with Crippen molar-refractivity contribution in [3.8, 4) is 0 Å². The first-order valence-electron chi connectivity index (χ1n) is 3.49. The zero-order valence-corrected chi connectivity index (χ0v) is 10.4. The number of carbonyl (C=O) groups excluding carboxylic acids is 1. The van der Waals surface area contributed by atoms with E-state index in [2.05, 4.69) is 4.74 Å². The van der Waals surface area contributed by atoms with E-state index in [0.29, 0.717) is 6.61 Å². The van der Waals surface area contributed by atoms with Crippen LogP contribution >= 0.6 is 34.8 Å². The quantitative estimate of drug-likeness (QED) is 0.586. The molecule has 0 aliphatic rings. The second-order valence-corrected chi connectivity index (χ2v) is 3.67. The molecule has 0 saturated heterocycles. The van der Waals surface area contributed by atoms with Gasteiger partial charge in [0, 0.05) is 13.8 Å². The number of aliphatic carboxylic acids is 1. The number of carbonyl (C=O) groups is 2. The van der Waals surface area contributed by atoms with E-state index in [1.807, 2.05) is 0 Å². The van der Waals surface area contributed by atoms with Gasteiger partial charge in [-0.3, -0.25) is 9.59 Å². The van der Waals surface area contributed by atoms with Crippen LogP contribution in [0.15, 0.2) is 0 Å². The number of carboxylic acids is 1. The summed E-state index contributed by atoms with van der Waals surface area (Å²) in [5.41, 5.74) is 0. The first kappa shape index (κ1) is 19.4. The van der Waals surface area contributed by atoms with Gasteiger partial charge in [0.25, 0.3) is 5.97 Å². The lowest BCUT2D eigenvalue weighted by atomic mass is 10.8. The summed E-state index contributed by atoms with van der Waals surface area (Å²) in [6.07, 6.45) is 0. The molecule has 0 unspecified atom stereocenters. The maximum Gasteiger partial charge on any atom is 0.302 e. The second-order valence-electron chi connectivity index (χ2n) is 1.69. The van der Waals surface area contributed by atoms with Gasteiger partial charge in [0.15, 0.2) is 4.30 Å². The highest BCUT2D eigenvalue weighted by molar-refractivity contribution is 6.63. The van der Waals surface area contributed by atoms with Gasteiger partial charge < -0.3 is 9.84 Å². The minimum absolute atomic E-state index is 0.211. The van der Waals surface area contributed by atoms with E-state index < -0.39 is 10.3 Å². The van der Waals surface area contributed by atoms with Gasteiger partial charge in [-0.2, -0.15) is 0 Å². The Morgan fingerprint density at radius 2 is 1.50 bits per heavy atom. The topological polar surface area (TPSA) is 63.6 Å². The number of hydrogen-bond donors (Lipinski definition) is 1. The summed E-state index contributed by atoms with van der Waals surface area (Å²) in [6, 6.07) is 0. The summed E-state index contributed by atoms with van der Waals surface area (Å²) in [5, 5.41) is 7.42. The molecular formula is C7H13Cl3O4. The van der Waals surface area contributed by atoms with E-state index in [9.17, 15) is 4.79 Å². The molecule has 4 nitrogen and oxygen atoms in total. The zero-order valence-electron chi connectivity index (χ0n) is 8.09. The average Bonchev–Trinajstić information content (AvgIpc) is 1.82. The maximum absolute atomic E-state index is 9.82. The van der Waals surface area contributed by atoms with Gasteiger partial charge >= 0.3 is 5.97 Å². The monoisotopic (exact) mass is 266 g/mol. The van der Waals surface area contributed by atoms with Gasteiger partial charge in [-0.25, -0.2) is 0 Å². The Bertz CT molecular complexity index is 143. The molecule has 0 saturated carbocycles. The van der Waals surface area contributed by atoms with Gasteiger partial charge in [-0.05, 0) is 6.92 Å². The molecule has 0 aromatic carbocycles. The molecular weight excluding hydrogens is 254 g/mol. The van der Waals surface area contributed by atoms with Crippen molar-refractivity contribution in [2.45, 2.75) is 25.1 Å². The van der Waals surface area contributed by atoms with E-state index in [0.717, 1.165) is 6.92 Å². The summed E-state index contributed by atoms with van der Waals surface area (Å²) >= 11 is 14.4. The highest BCUT2D eigenvalue weighted by Crippen LogP contribution is 2.03. The van der Waals surface area contributed by atoms with Crippen molar-refractivity contribution in [1.29, 1.82) is 0 Å². The van der Waals surface area contributed by atoms with Crippen molar-refractivity contribution in [3.63, 3.8) is 0 Å². The van der Waals surface area contributed by atoms with Gasteiger partial charge in [0.05, 0.1) is 6.61 Å². The van der Waals surface area contributed by atoms with Crippen LogP contribution in [0.1, 0.15) is 20.8 Å². The van der Waals surface area contributed by atoms with Gasteiger partial charge in [0.2, 0.25) is 0 Å². The summed E-state index contributed by atoms with van der Waals surface area (Å²) in [5.74, 6) is -1.04. The van der Waals surface area contributed by atoms with Crippen molar-refractivity contribution in [2.24, 2.45) is 0 Å². The fourth-order valence-electron chi connectivity index (χ4n) is 0.203. The minimum Gasteiger partial charge on any atom is -0.481 e. The van der Waals surface area contributed by atoms with Crippen molar-refractivity contribution in [1.82, 2.24) is 0 Å². The molecule has 0 aromatic rings. The number of hydrogen-bond acceptors (Lipinski definition) is 3. The van der Waals surface area contributed by atoms with Crippen LogP contribution in [0.5, 0.6) is 0 Å². The predicted molar refractivity (Wildman–Crippen MR) is 57.0 cm³/mol. The fraction of sp³-hybridized carbons (Fsp3) is 0.714. The fourth-order valence-corrected chi connectivity index (χ4v) is 0.203. The third-order valence-corrected chi connectivity index (χ3v) is 0.348. The SMILES string of the molecule is CC(=O)O.CCOC(C)=O.ClC(Cl)Cl. The zero-order chi connectivity index (χ0) is 12.1. The maximum atomic E-state index is 9.82. The highest BCUT2D eigenvalue weighted by atomic mass is 35.6. The largest absolute Gasteiger partial charge is 0.481 e. The molecule has 0 aliphatic carbocycles. The molecule has 0 fully saturated rings. The molecule has 0 radical (unpaired) electrons. The molecule has 0 spiro atoms. The Kier molecular flexibility index (Phi) is 21.2. The molecule has 7 heteroatoms. The summed E-state index contributed by atoms with van der Waals surface area (Å²) < 4.78 is 3.65. The Morgan fingerprint density at radius 3 is 1.50 bits per heavy atom. The average molecular weight is 268 g/mol. The Labute approximate surface area is 98.1 Å². The summed E-state index contributed by atoms with van der Waals surface area (Å²) in [4.78, 5) is 18.8. The number of ether oxygens (including phenoxy) is 1. The minimum atomic E-state index is -0.833. The Hall–Kier alpha value is -0.190. The molecule has 0 heterocycles. The van der Waals surface area contributed by atoms with Crippen molar-refractivity contribution < 1.29 is 19.4 Å². The van der Waals surface area contributed by atoms with E-state index in [1.165, 1.54) is 6.92 Å². The van der Waals surface area contributed by atoms with E-state index in [1.54, 1.807) is 6.92 Å². The third kappa shape index (κ3) is 175. The second kappa shape index (κ2) is 15.3. The van der Waals surface area contributed by atoms with Gasteiger partial charge in [0.1, 0.15) is 0 Å². The van der Waals surface area contributed by atoms with Crippen LogP contribution in [0.2, 0.25) is 0 Å². The third-order valence-electron chi connectivity index (χ3n) is 0.348. The number of esters is 1. The van der Waals surface area contributed by atoms with Crippen molar-refractivity contribution in [2.75, 3.05) is 6.61 Å². The molecule has 86 valence electrons. The van der Waals surface area contributed by atoms with Crippen LogP contribution in [-0.4, -0.2) is 27.9 Å². The number of halogens is 3. The smallest absolute Gasteiger partial charge is 0.302 e. The molecule has 0 aromatic heterocycles. The predicted octanol–water partition coefficient (Wildman–Crippen LogP) is 2.65. The lowest BCUT2D eigenvalue weighted by Gasteiger charge is -1.89. The normalized spacial score (nSPS) is 7.64. The molecule has 0 atom stereocenters. The van der Waals surface area contributed by atoms with E-state index >= 15 is 0 Å². The number of rotatable bonds is 1. The molecule has 0 aliphatic heterocycles. The van der Waals surface area contributed by atoms with Gasteiger partial charge in [-0.15, -0.1) is 0 Å². The van der Waals surface area contributed by atoms with Crippen LogP contribution in [0, 0.1) is 0 Å². The van der Waals surface area contributed by atoms with Crippen molar-refractivity contribution >= 4 is 46.7 Å². The summed E-state index contributed by atoms with van der Waals surface area (Å²) in [6.45, 7) is 4.74. The van der Waals surface area contributed by atoms with E-state index in [-0.39, 0.29) is 5.97 Å². The highest BCUT2D eigenvalue weighted by Gasteiger charge is 1.81. The van der Waals surface area contributed by atoms with Crippen LogP contribution in [0.4, 0.5) is 0 Å². The molecule has 0 bridgehead atoms. The molecule has 1 N–H and O–H groups in total. The van der Waals surface area contributed by atoms with Crippen LogP contribution in [-0.2, 0) is 14.3 Å². The standard InChI is InChI=1S/C4H8O2.C2H4O2.CHCl3/c1-3-6-4(2)5;1-2(3)4;2-1(3)4/h3H2,1-2H3;1H3,(H,3,4);1H. The first-order valence-corrected chi connectivity index (χ1v) is 4.80. The van der Waals surface area contributed by atoms with Crippen LogP contribution < -0.4 is 0 Å². The van der Waals surface area contributed by atoms with Gasteiger partial charge in [-0.1, -0.05) is 34.8 Å².